The summed E-state index contributed by atoms with van der Waals surface area (Å²) >= 11 is 13.6. The standard InChI is InChI=1S/C12H14Cl2N2O2S/c1-19-12-4-2-3-9(12)15-10-5-7(13)8(14)6-11(10)16(17)18/h5-6,9,12,15H,2-4H2,1H3. The van der Waals surface area contributed by atoms with Crippen molar-refractivity contribution < 1.29 is 4.92 Å². The zero-order valence-corrected chi connectivity index (χ0v) is 12.7. The lowest BCUT2D eigenvalue weighted by molar-refractivity contribution is -0.384. The van der Waals surface area contributed by atoms with Gasteiger partial charge in [0.05, 0.1) is 15.0 Å². The van der Waals surface area contributed by atoms with E-state index in [2.05, 4.69) is 11.6 Å². The first-order valence-corrected chi connectivity index (χ1v) is 8.00. The number of hydrogen-bond acceptors (Lipinski definition) is 4. The van der Waals surface area contributed by atoms with Crippen LogP contribution in [0.5, 0.6) is 0 Å². The predicted molar refractivity (Wildman–Crippen MR) is 81.7 cm³/mol. The van der Waals surface area contributed by atoms with Crippen LogP contribution >= 0.6 is 35.0 Å². The van der Waals surface area contributed by atoms with Gasteiger partial charge in [0.2, 0.25) is 0 Å². The number of thioether (sulfide) groups is 1. The maximum Gasteiger partial charge on any atom is 0.293 e. The molecule has 2 rings (SSSR count). The van der Waals surface area contributed by atoms with E-state index in [0.29, 0.717) is 16.0 Å². The summed E-state index contributed by atoms with van der Waals surface area (Å²) in [5.41, 5.74) is 0.423. The normalized spacial score (nSPS) is 22.5. The molecule has 1 aromatic carbocycles. The van der Waals surface area contributed by atoms with E-state index in [4.69, 9.17) is 23.2 Å². The van der Waals surface area contributed by atoms with Crippen LogP contribution in [0.25, 0.3) is 0 Å². The van der Waals surface area contributed by atoms with E-state index in [9.17, 15) is 10.1 Å². The minimum Gasteiger partial charge on any atom is -0.376 e. The van der Waals surface area contributed by atoms with E-state index in [1.807, 2.05) is 0 Å². The topological polar surface area (TPSA) is 55.2 Å². The maximum absolute atomic E-state index is 11.1. The first kappa shape index (κ1) is 14.8. The molecule has 2 unspecified atom stereocenters. The second-order valence-corrected chi connectivity index (χ2v) is 6.39. The third kappa shape index (κ3) is 3.27. The quantitative estimate of drug-likeness (QED) is 0.650. The molecule has 0 aromatic heterocycles. The lowest BCUT2D eigenvalue weighted by Gasteiger charge is -2.20. The van der Waals surface area contributed by atoms with Gasteiger partial charge in [-0.05, 0) is 25.2 Å². The molecule has 1 aromatic rings. The monoisotopic (exact) mass is 320 g/mol. The Balaban J connectivity index is 2.28. The highest BCUT2D eigenvalue weighted by Gasteiger charge is 2.28. The zero-order valence-electron chi connectivity index (χ0n) is 10.4. The summed E-state index contributed by atoms with van der Waals surface area (Å²) in [5, 5.41) is 15.3. The molecule has 0 saturated heterocycles. The molecule has 1 fully saturated rings. The van der Waals surface area contributed by atoms with Gasteiger partial charge in [-0.3, -0.25) is 10.1 Å². The van der Waals surface area contributed by atoms with Gasteiger partial charge < -0.3 is 5.32 Å². The van der Waals surface area contributed by atoms with Crippen molar-refractivity contribution in [2.75, 3.05) is 11.6 Å². The van der Waals surface area contributed by atoms with Gasteiger partial charge in [0, 0.05) is 17.4 Å². The summed E-state index contributed by atoms with van der Waals surface area (Å²) in [7, 11) is 0. The van der Waals surface area contributed by atoms with Crippen LogP contribution < -0.4 is 5.32 Å². The number of anilines is 1. The Labute approximate surface area is 126 Å². The van der Waals surface area contributed by atoms with Crippen LogP contribution in [0.2, 0.25) is 10.0 Å². The molecule has 1 N–H and O–H groups in total. The number of halogens is 2. The van der Waals surface area contributed by atoms with Gasteiger partial charge in [0.15, 0.2) is 0 Å². The number of nitrogens with zero attached hydrogens (tertiary/aromatic N) is 1. The molecule has 1 aliphatic carbocycles. The largest absolute Gasteiger partial charge is 0.376 e. The smallest absolute Gasteiger partial charge is 0.293 e. The highest BCUT2D eigenvalue weighted by Crippen LogP contribution is 2.37. The Morgan fingerprint density at radius 1 is 1.37 bits per heavy atom. The van der Waals surface area contributed by atoms with E-state index in [0.717, 1.165) is 19.3 Å². The molecule has 0 aliphatic heterocycles. The van der Waals surface area contributed by atoms with Crippen molar-refractivity contribution in [2.24, 2.45) is 0 Å². The van der Waals surface area contributed by atoms with Crippen LogP contribution in [0.4, 0.5) is 11.4 Å². The maximum atomic E-state index is 11.1. The summed E-state index contributed by atoms with van der Waals surface area (Å²) in [5.74, 6) is 0. The summed E-state index contributed by atoms with van der Waals surface area (Å²) < 4.78 is 0. The van der Waals surface area contributed by atoms with E-state index in [-0.39, 0.29) is 16.8 Å². The van der Waals surface area contributed by atoms with Gasteiger partial charge in [-0.25, -0.2) is 0 Å². The molecule has 7 heteroatoms. The number of nitrogens with one attached hydrogen (secondary N) is 1. The minimum absolute atomic E-state index is 0.0267. The number of nitro groups is 1. The Hall–Kier alpha value is -0.650. The molecule has 0 bridgehead atoms. The lowest BCUT2D eigenvalue weighted by Crippen LogP contribution is -2.26. The highest BCUT2D eigenvalue weighted by molar-refractivity contribution is 7.99. The van der Waals surface area contributed by atoms with Crippen LogP contribution in [-0.4, -0.2) is 22.5 Å². The van der Waals surface area contributed by atoms with Crippen molar-refractivity contribution in [3.05, 3.63) is 32.3 Å². The average Bonchev–Trinajstić information content (AvgIpc) is 2.80. The van der Waals surface area contributed by atoms with E-state index >= 15 is 0 Å². The lowest BCUT2D eigenvalue weighted by atomic mass is 10.2. The van der Waals surface area contributed by atoms with E-state index in [1.165, 1.54) is 12.1 Å². The van der Waals surface area contributed by atoms with Crippen molar-refractivity contribution in [1.29, 1.82) is 0 Å². The van der Waals surface area contributed by atoms with Crippen LogP contribution in [0.3, 0.4) is 0 Å². The average molecular weight is 321 g/mol. The molecule has 0 spiro atoms. The Kier molecular flexibility index (Phi) is 4.81. The van der Waals surface area contributed by atoms with Crippen LogP contribution in [-0.2, 0) is 0 Å². The van der Waals surface area contributed by atoms with Gasteiger partial charge in [0.25, 0.3) is 5.69 Å². The third-order valence-electron chi connectivity index (χ3n) is 3.33. The van der Waals surface area contributed by atoms with Gasteiger partial charge in [-0.2, -0.15) is 11.8 Å². The Morgan fingerprint density at radius 2 is 2.05 bits per heavy atom. The molecule has 0 radical (unpaired) electrons. The molecule has 2 atom stereocenters. The second kappa shape index (κ2) is 6.20. The van der Waals surface area contributed by atoms with Gasteiger partial charge in [-0.15, -0.1) is 0 Å². The van der Waals surface area contributed by atoms with Crippen LogP contribution in [0.15, 0.2) is 12.1 Å². The first-order chi connectivity index (χ1) is 9.02. The molecule has 19 heavy (non-hydrogen) atoms. The molecular formula is C12H14Cl2N2O2S. The summed E-state index contributed by atoms with van der Waals surface area (Å²) in [6, 6.07) is 3.08. The predicted octanol–water partition coefficient (Wildman–Crippen LogP) is 4.60. The fraction of sp³-hybridized carbons (Fsp3) is 0.500. The Bertz CT molecular complexity index is 499. The van der Waals surface area contributed by atoms with Crippen molar-refractivity contribution >= 4 is 46.3 Å². The number of hydrogen-bond donors (Lipinski definition) is 1. The summed E-state index contributed by atoms with van der Waals surface area (Å²) in [6.45, 7) is 0. The second-order valence-electron chi connectivity index (χ2n) is 4.50. The SMILES string of the molecule is CSC1CCCC1Nc1cc(Cl)c(Cl)cc1[N+](=O)[O-]. The fourth-order valence-electron chi connectivity index (χ4n) is 2.38. The van der Waals surface area contributed by atoms with Crippen LogP contribution in [0.1, 0.15) is 19.3 Å². The molecule has 0 amide bonds. The van der Waals surface area contributed by atoms with Crippen LogP contribution in [0, 0.1) is 10.1 Å². The van der Waals surface area contributed by atoms with Gasteiger partial charge in [-0.1, -0.05) is 29.6 Å². The molecule has 104 valence electrons. The van der Waals surface area contributed by atoms with Crippen molar-refractivity contribution in [3.63, 3.8) is 0 Å². The molecule has 4 nitrogen and oxygen atoms in total. The Morgan fingerprint density at radius 3 is 2.68 bits per heavy atom. The fourth-order valence-corrected chi connectivity index (χ4v) is 3.63. The number of benzene rings is 1. The summed E-state index contributed by atoms with van der Waals surface area (Å²) in [6.07, 6.45) is 5.35. The minimum atomic E-state index is -0.437. The third-order valence-corrected chi connectivity index (χ3v) is 5.22. The summed E-state index contributed by atoms with van der Waals surface area (Å²) in [4.78, 5) is 10.6. The zero-order chi connectivity index (χ0) is 14.0. The number of nitro benzene ring substituents is 1. The first-order valence-electron chi connectivity index (χ1n) is 5.95. The van der Waals surface area contributed by atoms with Gasteiger partial charge in [0.1, 0.15) is 5.69 Å². The molecule has 0 heterocycles. The molecule has 1 aliphatic rings. The van der Waals surface area contributed by atoms with Crippen molar-refractivity contribution in [3.8, 4) is 0 Å². The highest BCUT2D eigenvalue weighted by atomic mass is 35.5. The van der Waals surface area contributed by atoms with E-state index < -0.39 is 4.92 Å². The van der Waals surface area contributed by atoms with Crippen molar-refractivity contribution in [2.45, 2.75) is 30.6 Å². The molecular weight excluding hydrogens is 307 g/mol. The molecule has 1 saturated carbocycles. The number of rotatable bonds is 4. The van der Waals surface area contributed by atoms with Crippen molar-refractivity contribution in [1.82, 2.24) is 0 Å². The van der Waals surface area contributed by atoms with Gasteiger partial charge >= 0.3 is 0 Å². The van der Waals surface area contributed by atoms with E-state index in [1.54, 1.807) is 11.8 Å².